The molecule has 3 rings (SSSR count). The number of aromatic nitrogens is 3. The van der Waals surface area contributed by atoms with E-state index in [1.165, 1.54) is 16.0 Å². The minimum atomic E-state index is -0.0953. The van der Waals surface area contributed by atoms with Crippen LogP contribution in [-0.4, -0.2) is 14.2 Å². The highest BCUT2D eigenvalue weighted by atomic mass is 35.5. The molecule has 0 aliphatic carbocycles. The molecule has 0 saturated heterocycles. The summed E-state index contributed by atoms with van der Waals surface area (Å²) in [5.74, 6) is 0. The van der Waals surface area contributed by atoms with Gasteiger partial charge in [-0.3, -0.25) is 4.79 Å². The Kier molecular flexibility index (Phi) is 2.49. The first kappa shape index (κ1) is 10.6. The first-order valence-corrected chi connectivity index (χ1v) is 6.25. The van der Waals surface area contributed by atoms with Gasteiger partial charge in [0, 0.05) is 16.5 Å². The maximum atomic E-state index is 12.1. The number of hydrogen-bond donors (Lipinski definition) is 0. The number of hydrogen-bond acceptors (Lipinski definition) is 3. The van der Waals surface area contributed by atoms with E-state index in [1.807, 2.05) is 17.5 Å². The number of fused-ring (bicyclic) bond motifs is 1. The predicted octanol–water partition coefficient (Wildman–Crippen LogP) is 2.26. The van der Waals surface area contributed by atoms with Gasteiger partial charge in [-0.15, -0.1) is 11.3 Å². The lowest BCUT2D eigenvalue weighted by atomic mass is 10.4. The van der Waals surface area contributed by atoms with Crippen molar-refractivity contribution in [3.63, 3.8) is 0 Å². The molecule has 0 aliphatic rings. The summed E-state index contributed by atoms with van der Waals surface area (Å²) in [6, 6.07) is 5.45. The molecule has 0 atom stereocenters. The topological polar surface area (TPSA) is 39.3 Å². The number of nitrogens with zero attached hydrogens (tertiary/aromatic N) is 3. The molecule has 0 saturated carbocycles. The fourth-order valence-electron chi connectivity index (χ4n) is 1.68. The van der Waals surface area contributed by atoms with E-state index in [9.17, 15) is 4.79 Å². The molecular formula is C11H8ClN3OS. The lowest BCUT2D eigenvalue weighted by Gasteiger charge is -2.02. The highest BCUT2D eigenvalue weighted by Gasteiger charge is 2.05. The molecule has 0 fully saturated rings. The van der Waals surface area contributed by atoms with Gasteiger partial charge < -0.3 is 4.40 Å². The van der Waals surface area contributed by atoms with Crippen molar-refractivity contribution in [2.75, 3.05) is 0 Å². The second kappa shape index (κ2) is 4.01. The van der Waals surface area contributed by atoms with E-state index < -0.39 is 0 Å². The first-order chi connectivity index (χ1) is 8.24. The zero-order chi connectivity index (χ0) is 11.8. The molecule has 0 aromatic carbocycles. The number of thiophene rings is 1. The fourth-order valence-corrected chi connectivity index (χ4v) is 2.73. The second-order valence-corrected chi connectivity index (χ2v) is 5.06. The Bertz CT molecular complexity index is 727. The Labute approximate surface area is 106 Å². The van der Waals surface area contributed by atoms with Crippen LogP contribution in [0.1, 0.15) is 4.88 Å². The van der Waals surface area contributed by atoms with Crippen LogP contribution in [0.15, 0.2) is 40.9 Å². The van der Waals surface area contributed by atoms with Gasteiger partial charge in [-0.05, 0) is 18.2 Å². The van der Waals surface area contributed by atoms with Gasteiger partial charge in [0.2, 0.25) is 0 Å². The molecule has 0 amide bonds. The average Bonchev–Trinajstić information content (AvgIpc) is 2.92. The Hall–Kier alpha value is -1.59. The maximum absolute atomic E-state index is 12.1. The molecular weight excluding hydrogens is 258 g/mol. The Morgan fingerprint density at radius 1 is 1.47 bits per heavy atom. The van der Waals surface area contributed by atoms with Crippen molar-refractivity contribution in [1.29, 1.82) is 0 Å². The molecule has 3 aromatic rings. The van der Waals surface area contributed by atoms with Crippen molar-refractivity contribution in [3.05, 3.63) is 56.4 Å². The third-order valence-corrected chi connectivity index (χ3v) is 3.74. The Morgan fingerprint density at radius 2 is 2.35 bits per heavy atom. The highest BCUT2D eigenvalue weighted by Crippen LogP contribution is 2.19. The van der Waals surface area contributed by atoms with Crippen LogP contribution in [0.2, 0.25) is 5.02 Å². The monoisotopic (exact) mass is 265 g/mol. The molecule has 6 heteroatoms. The van der Waals surface area contributed by atoms with Gasteiger partial charge in [-0.1, -0.05) is 11.6 Å². The van der Waals surface area contributed by atoms with Crippen LogP contribution in [0.25, 0.3) is 5.52 Å². The van der Waals surface area contributed by atoms with Crippen molar-refractivity contribution in [3.8, 4) is 0 Å². The van der Waals surface area contributed by atoms with Crippen molar-refractivity contribution in [2.45, 2.75) is 6.54 Å². The van der Waals surface area contributed by atoms with Crippen molar-refractivity contribution < 1.29 is 0 Å². The van der Waals surface area contributed by atoms with Gasteiger partial charge in [0.05, 0.1) is 11.6 Å². The van der Waals surface area contributed by atoms with Gasteiger partial charge in [0.1, 0.15) is 11.8 Å². The summed E-state index contributed by atoms with van der Waals surface area (Å²) in [6.45, 7) is 0.456. The normalized spacial score (nSPS) is 11.1. The summed E-state index contributed by atoms with van der Waals surface area (Å²) in [7, 11) is 0. The summed E-state index contributed by atoms with van der Waals surface area (Å²) in [6.07, 6.45) is 3.43. The van der Waals surface area contributed by atoms with Crippen LogP contribution >= 0.6 is 22.9 Å². The quantitative estimate of drug-likeness (QED) is 0.713. The van der Waals surface area contributed by atoms with Crippen LogP contribution in [0.3, 0.4) is 0 Å². The largest absolute Gasteiger partial charge is 0.301 e. The third-order valence-electron chi connectivity index (χ3n) is 2.48. The van der Waals surface area contributed by atoms with E-state index >= 15 is 0 Å². The molecule has 0 spiro atoms. The summed E-state index contributed by atoms with van der Waals surface area (Å²) in [5, 5.41) is 6.65. The lowest BCUT2D eigenvalue weighted by Crippen LogP contribution is -2.24. The van der Waals surface area contributed by atoms with Gasteiger partial charge in [-0.2, -0.15) is 5.10 Å². The smallest absolute Gasteiger partial charge is 0.291 e. The summed E-state index contributed by atoms with van der Waals surface area (Å²) in [5.41, 5.74) is 0.532. The van der Waals surface area contributed by atoms with E-state index in [-0.39, 0.29) is 5.56 Å². The minimum absolute atomic E-state index is 0.0953. The Balaban J connectivity index is 2.06. The molecule has 86 valence electrons. The molecule has 17 heavy (non-hydrogen) atoms. The van der Waals surface area contributed by atoms with E-state index in [4.69, 9.17) is 11.6 Å². The zero-order valence-electron chi connectivity index (χ0n) is 8.71. The Morgan fingerprint density at radius 3 is 3.12 bits per heavy atom. The molecule has 0 unspecified atom stereocenters. The highest BCUT2D eigenvalue weighted by molar-refractivity contribution is 7.10. The molecule has 4 nitrogen and oxygen atoms in total. The molecule has 0 radical (unpaired) electrons. The zero-order valence-corrected chi connectivity index (χ0v) is 10.3. The van der Waals surface area contributed by atoms with Crippen molar-refractivity contribution >= 4 is 28.5 Å². The van der Waals surface area contributed by atoms with Gasteiger partial charge in [0.15, 0.2) is 0 Å². The van der Waals surface area contributed by atoms with E-state index in [0.29, 0.717) is 17.1 Å². The third kappa shape index (κ3) is 1.87. The van der Waals surface area contributed by atoms with Gasteiger partial charge in [0.25, 0.3) is 5.56 Å². The fraction of sp³-hybridized carbons (Fsp3) is 0.0909. The molecule has 0 aliphatic heterocycles. The van der Waals surface area contributed by atoms with Crippen LogP contribution < -0.4 is 5.56 Å². The van der Waals surface area contributed by atoms with E-state index in [0.717, 1.165) is 4.88 Å². The summed E-state index contributed by atoms with van der Waals surface area (Å²) >= 11 is 7.36. The minimum Gasteiger partial charge on any atom is -0.301 e. The summed E-state index contributed by atoms with van der Waals surface area (Å²) in [4.78, 5) is 13.1. The molecule has 3 aromatic heterocycles. The van der Waals surface area contributed by atoms with Crippen molar-refractivity contribution in [2.24, 2.45) is 0 Å². The van der Waals surface area contributed by atoms with Gasteiger partial charge >= 0.3 is 0 Å². The molecule has 0 bridgehead atoms. The van der Waals surface area contributed by atoms with Crippen LogP contribution in [0, 0.1) is 0 Å². The second-order valence-electron chi connectivity index (χ2n) is 3.63. The van der Waals surface area contributed by atoms with Crippen molar-refractivity contribution in [1.82, 2.24) is 14.2 Å². The van der Waals surface area contributed by atoms with Crippen LogP contribution in [0.4, 0.5) is 0 Å². The molecule has 0 N–H and O–H groups in total. The average molecular weight is 266 g/mol. The predicted molar refractivity (Wildman–Crippen MR) is 67.9 cm³/mol. The van der Waals surface area contributed by atoms with Gasteiger partial charge in [-0.25, -0.2) is 4.68 Å². The van der Waals surface area contributed by atoms with E-state index in [2.05, 4.69) is 5.10 Å². The number of halogens is 1. The maximum Gasteiger partial charge on any atom is 0.291 e. The van der Waals surface area contributed by atoms with E-state index in [1.54, 1.807) is 23.0 Å². The molecule has 3 heterocycles. The summed E-state index contributed by atoms with van der Waals surface area (Å²) < 4.78 is 3.15. The van der Waals surface area contributed by atoms with Crippen LogP contribution in [0.5, 0.6) is 0 Å². The lowest BCUT2D eigenvalue weighted by molar-refractivity contribution is 0.634. The SMILES string of the molecule is O=c1c2cccn2cnn1Cc1cc(Cl)cs1. The standard InChI is InChI=1S/C11H8ClN3OS/c12-8-4-9(17-6-8)5-15-11(16)10-2-1-3-14(10)7-13-15/h1-4,6-7H,5H2. The van der Waals surface area contributed by atoms with Crippen LogP contribution in [-0.2, 0) is 6.54 Å². The number of rotatable bonds is 2. The first-order valence-electron chi connectivity index (χ1n) is 5.00.